The number of nitrogens with one attached hydrogen (secondary N) is 1. The molecule has 68 valence electrons. The molecule has 4 heteroatoms. The summed E-state index contributed by atoms with van der Waals surface area (Å²) in [7, 11) is 0. The van der Waals surface area contributed by atoms with Crippen LogP contribution in [0.4, 0.5) is 0 Å². The Morgan fingerprint density at radius 2 is 2.54 bits per heavy atom. The van der Waals surface area contributed by atoms with Crippen molar-refractivity contribution >= 4 is 11.3 Å². The number of aromatic nitrogens is 2. The predicted molar refractivity (Wildman–Crippen MR) is 53.5 cm³/mol. The van der Waals surface area contributed by atoms with Crippen LogP contribution >= 0.6 is 11.3 Å². The Kier molecular flexibility index (Phi) is 2.42. The number of thiophene rings is 1. The summed E-state index contributed by atoms with van der Waals surface area (Å²) in [5.41, 5.74) is 7.16. The highest BCUT2D eigenvalue weighted by Crippen LogP contribution is 2.16. The predicted octanol–water partition coefficient (Wildman–Crippen LogP) is 1.71. The second kappa shape index (κ2) is 3.72. The zero-order valence-corrected chi connectivity index (χ0v) is 7.92. The Hall–Kier alpha value is -1.13. The molecule has 0 aliphatic carbocycles. The molecule has 2 heterocycles. The van der Waals surface area contributed by atoms with Gasteiger partial charge in [0.15, 0.2) is 0 Å². The van der Waals surface area contributed by atoms with Crippen LogP contribution in [0.3, 0.4) is 0 Å². The van der Waals surface area contributed by atoms with Crippen LogP contribution in [0.15, 0.2) is 29.2 Å². The summed E-state index contributed by atoms with van der Waals surface area (Å²) in [4.78, 5) is 7.18. The van der Waals surface area contributed by atoms with Crippen molar-refractivity contribution in [2.75, 3.05) is 0 Å². The third kappa shape index (κ3) is 1.96. The molecule has 0 bridgehead atoms. The molecule has 3 N–H and O–H groups in total. The van der Waals surface area contributed by atoms with Gasteiger partial charge in [-0.25, -0.2) is 4.98 Å². The number of nitrogens with two attached hydrogens (primary N) is 1. The zero-order valence-electron chi connectivity index (χ0n) is 7.10. The van der Waals surface area contributed by atoms with E-state index in [4.69, 9.17) is 5.73 Å². The summed E-state index contributed by atoms with van der Waals surface area (Å²) < 4.78 is 0. The van der Waals surface area contributed by atoms with Gasteiger partial charge in [0, 0.05) is 24.9 Å². The van der Waals surface area contributed by atoms with E-state index >= 15 is 0 Å². The van der Waals surface area contributed by atoms with Gasteiger partial charge in [-0.1, -0.05) is 0 Å². The van der Waals surface area contributed by atoms with Crippen LogP contribution in [0.1, 0.15) is 17.4 Å². The van der Waals surface area contributed by atoms with Crippen LogP contribution in [0.5, 0.6) is 0 Å². The average Bonchev–Trinajstić information content (AvgIpc) is 2.74. The molecule has 0 aliphatic rings. The first-order chi connectivity index (χ1) is 6.36. The van der Waals surface area contributed by atoms with E-state index in [1.807, 2.05) is 11.6 Å². The van der Waals surface area contributed by atoms with Gasteiger partial charge in [0.25, 0.3) is 0 Å². The van der Waals surface area contributed by atoms with Gasteiger partial charge in [0.1, 0.15) is 5.82 Å². The first kappa shape index (κ1) is 8.47. The minimum atomic E-state index is 0.0531. The van der Waals surface area contributed by atoms with Gasteiger partial charge >= 0.3 is 0 Å². The monoisotopic (exact) mass is 193 g/mol. The third-order valence-corrected chi connectivity index (χ3v) is 2.64. The molecule has 1 atom stereocenters. The van der Waals surface area contributed by atoms with Crippen molar-refractivity contribution in [1.29, 1.82) is 0 Å². The van der Waals surface area contributed by atoms with Crippen molar-refractivity contribution in [3.05, 3.63) is 40.6 Å². The molecule has 0 saturated heterocycles. The van der Waals surface area contributed by atoms with Crippen LogP contribution in [0, 0.1) is 0 Å². The fourth-order valence-electron chi connectivity index (χ4n) is 1.22. The Labute approximate surface area is 80.6 Å². The van der Waals surface area contributed by atoms with E-state index in [1.165, 1.54) is 5.56 Å². The van der Waals surface area contributed by atoms with E-state index in [-0.39, 0.29) is 6.04 Å². The number of H-pyrrole nitrogens is 1. The number of imidazole rings is 1. The number of hydrogen-bond acceptors (Lipinski definition) is 3. The lowest BCUT2D eigenvalue weighted by Gasteiger charge is -2.06. The number of rotatable bonds is 3. The largest absolute Gasteiger partial charge is 0.349 e. The molecule has 13 heavy (non-hydrogen) atoms. The summed E-state index contributed by atoms with van der Waals surface area (Å²) in [5, 5.41) is 4.12. The van der Waals surface area contributed by atoms with Crippen molar-refractivity contribution in [2.45, 2.75) is 12.5 Å². The highest BCUT2D eigenvalue weighted by molar-refractivity contribution is 7.07. The van der Waals surface area contributed by atoms with Crippen LogP contribution in [0.2, 0.25) is 0 Å². The molecule has 3 nitrogen and oxygen atoms in total. The Morgan fingerprint density at radius 3 is 3.15 bits per heavy atom. The van der Waals surface area contributed by atoms with E-state index < -0.39 is 0 Å². The molecule has 0 saturated carbocycles. The minimum Gasteiger partial charge on any atom is -0.349 e. The van der Waals surface area contributed by atoms with Crippen molar-refractivity contribution in [3.63, 3.8) is 0 Å². The Morgan fingerprint density at radius 1 is 1.62 bits per heavy atom. The molecule has 0 radical (unpaired) electrons. The van der Waals surface area contributed by atoms with E-state index in [1.54, 1.807) is 17.5 Å². The standard InChI is InChI=1S/C9H11N3S/c10-8(7-1-4-13-6-7)5-9-11-2-3-12-9/h1-4,6,8H,5,10H2,(H,11,12). The fraction of sp³-hybridized carbons (Fsp3) is 0.222. The molecular weight excluding hydrogens is 182 g/mol. The minimum absolute atomic E-state index is 0.0531. The molecule has 0 fully saturated rings. The van der Waals surface area contributed by atoms with Gasteiger partial charge in [-0.15, -0.1) is 0 Å². The summed E-state index contributed by atoms with van der Waals surface area (Å²) in [6.45, 7) is 0. The summed E-state index contributed by atoms with van der Waals surface area (Å²) in [6.07, 6.45) is 4.33. The highest BCUT2D eigenvalue weighted by Gasteiger charge is 2.08. The van der Waals surface area contributed by atoms with Gasteiger partial charge in [0.2, 0.25) is 0 Å². The highest BCUT2D eigenvalue weighted by atomic mass is 32.1. The van der Waals surface area contributed by atoms with Crippen molar-refractivity contribution in [1.82, 2.24) is 9.97 Å². The second-order valence-electron chi connectivity index (χ2n) is 2.90. The maximum atomic E-state index is 5.98. The van der Waals surface area contributed by atoms with Crippen LogP contribution in [0.25, 0.3) is 0 Å². The lowest BCUT2D eigenvalue weighted by molar-refractivity contribution is 0.697. The second-order valence-corrected chi connectivity index (χ2v) is 3.68. The van der Waals surface area contributed by atoms with Gasteiger partial charge in [0.05, 0.1) is 0 Å². The lowest BCUT2D eigenvalue weighted by atomic mass is 10.1. The topological polar surface area (TPSA) is 54.7 Å². The number of nitrogens with zero attached hydrogens (tertiary/aromatic N) is 1. The normalized spacial score (nSPS) is 13.0. The van der Waals surface area contributed by atoms with Crippen LogP contribution in [-0.2, 0) is 6.42 Å². The van der Waals surface area contributed by atoms with E-state index in [9.17, 15) is 0 Å². The molecule has 0 aliphatic heterocycles. The molecule has 0 amide bonds. The van der Waals surface area contributed by atoms with Gasteiger partial charge in [-0.2, -0.15) is 11.3 Å². The van der Waals surface area contributed by atoms with Crippen LogP contribution < -0.4 is 5.73 Å². The Bertz CT molecular complexity index is 339. The SMILES string of the molecule is NC(Cc1ncc[nH]1)c1ccsc1. The first-order valence-electron chi connectivity index (χ1n) is 4.12. The maximum Gasteiger partial charge on any atom is 0.107 e. The number of aromatic amines is 1. The third-order valence-electron chi connectivity index (χ3n) is 1.94. The maximum absolute atomic E-state index is 5.98. The van der Waals surface area contributed by atoms with Crippen molar-refractivity contribution in [2.24, 2.45) is 5.73 Å². The smallest absolute Gasteiger partial charge is 0.107 e. The first-order valence-corrected chi connectivity index (χ1v) is 5.06. The van der Waals surface area contributed by atoms with E-state index in [0.29, 0.717) is 0 Å². The molecule has 0 aromatic carbocycles. The van der Waals surface area contributed by atoms with Crippen molar-refractivity contribution in [3.8, 4) is 0 Å². The van der Waals surface area contributed by atoms with Gasteiger partial charge in [-0.05, 0) is 22.4 Å². The van der Waals surface area contributed by atoms with E-state index in [2.05, 4.69) is 21.4 Å². The van der Waals surface area contributed by atoms with Gasteiger partial charge < -0.3 is 10.7 Å². The summed E-state index contributed by atoms with van der Waals surface area (Å²) >= 11 is 1.67. The Balaban J connectivity index is 2.04. The molecule has 2 aromatic heterocycles. The average molecular weight is 193 g/mol. The summed E-state index contributed by atoms with van der Waals surface area (Å²) in [6, 6.07) is 2.11. The van der Waals surface area contributed by atoms with E-state index in [0.717, 1.165) is 12.2 Å². The molecule has 0 spiro atoms. The molecule has 2 aromatic rings. The summed E-state index contributed by atoms with van der Waals surface area (Å²) in [5.74, 6) is 0.943. The zero-order chi connectivity index (χ0) is 9.10. The van der Waals surface area contributed by atoms with Crippen LogP contribution in [-0.4, -0.2) is 9.97 Å². The quantitative estimate of drug-likeness (QED) is 0.779. The molecule has 2 rings (SSSR count). The lowest BCUT2D eigenvalue weighted by Crippen LogP contribution is -2.13. The molecule has 1 unspecified atom stereocenters. The fourth-order valence-corrected chi connectivity index (χ4v) is 1.95. The number of hydrogen-bond donors (Lipinski definition) is 2. The van der Waals surface area contributed by atoms with Gasteiger partial charge in [-0.3, -0.25) is 0 Å². The van der Waals surface area contributed by atoms with Crippen molar-refractivity contribution < 1.29 is 0 Å². The molecular formula is C9H11N3S.